The molecule has 0 aliphatic carbocycles. The molecule has 11 nitrogen and oxygen atoms in total. The number of nitrogens with zero attached hydrogens (tertiary/aromatic N) is 4. The average molecular weight is 446 g/mol. The summed E-state index contributed by atoms with van der Waals surface area (Å²) in [5.74, 6) is -0.266. The lowest BCUT2D eigenvalue weighted by Gasteiger charge is -2.22. The van der Waals surface area contributed by atoms with Gasteiger partial charge in [0.1, 0.15) is 29.7 Å². The predicted molar refractivity (Wildman–Crippen MR) is 113 cm³/mol. The van der Waals surface area contributed by atoms with E-state index in [1.165, 1.54) is 34.0 Å². The smallest absolute Gasteiger partial charge is 0.415 e. The van der Waals surface area contributed by atoms with Gasteiger partial charge in [-0.15, -0.1) is 0 Å². The number of aliphatic imine (C=N–C) groups is 1. The Balaban J connectivity index is 1.32. The molecule has 3 heterocycles. The van der Waals surface area contributed by atoms with Gasteiger partial charge in [-0.1, -0.05) is 0 Å². The van der Waals surface area contributed by atoms with E-state index in [0.717, 1.165) is 0 Å². The SMILES string of the molecule is Cc1nc2ccc(F)c(OCCNCC3CN(C4=CN=C[C@H](O)N4)C(=O)O3)c2n(C)c1=O. The van der Waals surface area contributed by atoms with Crippen molar-refractivity contribution in [2.45, 2.75) is 19.3 Å². The van der Waals surface area contributed by atoms with Crippen LogP contribution in [0, 0.1) is 12.7 Å². The zero-order chi connectivity index (χ0) is 22.8. The highest BCUT2D eigenvalue weighted by molar-refractivity contribution is 5.82. The maximum absolute atomic E-state index is 14.4. The summed E-state index contributed by atoms with van der Waals surface area (Å²) in [5.41, 5.74) is 0.755. The van der Waals surface area contributed by atoms with E-state index in [-0.39, 0.29) is 24.5 Å². The number of cyclic esters (lactones) is 1. The van der Waals surface area contributed by atoms with Crippen LogP contribution in [-0.2, 0) is 11.8 Å². The molecule has 0 bridgehead atoms. The van der Waals surface area contributed by atoms with Gasteiger partial charge in [-0.3, -0.25) is 14.7 Å². The number of aliphatic hydroxyl groups excluding tert-OH is 1. The van der Waals surface area contributed by atoms with E-state index >= 15 is 0 Å². The van der Waals surface area contributed by atoms with Gasteiger partial charge < -0.3 is 29.8 Å². The number of carbonyl (C=O) groups is 1. The maximum atomic E-state index is 14.4. The fourth-order valence-electron chi connectivity index (χ4n) is 3.54. The van der Waals surface area contributed by atoms with Crippen LogP contribution in [0.4, 0.5) is 9.18 Å². The third kappa shape index (κ3) is 4.27. The number of fused-ring (bicyclic) bond motifs is 1. The number of hydrogen-bond acceptors (Lipinski definition) is 9. The third-order valence-corrected chi connectivity index (χ3v) is 5.08. The van der Waals surface area contributed by atoms with Crippen molar-refractivity contribution in [1.29, 1.82) is 0 Å². The largest absolute Gasteiger partial charge is 0.487 e. The van der Waals surface area contributed by atoms with Gasteiger partial charge in [0.05, 0.1) is 24.5 Å². The molecule has 0 saturated carbocycles. The van der Waals surface area contributed by atoms with Crippen molar-refractivity contribution >= 4 is 23.3 Å². The molecule has 1 amide bonds. The number of hydrogen-bond donors (Lipinski definition) is 3. The maximum Gasteiger partial charge on any atom is 0.415 e. The molecule has 4 rings (SSSR count). The summed E-state index contributed by atoms with van der Waals surface area (Å²) in [6.45, 7) is 2.70. The Morgan fingerprint density at radius 3 is 3.00 bits per heavy atom. The molecule has 1 unspecified atom stereocenters. The molecule has 2 aliphatic heterocycles. The van der Waals surface area contributed by atoms with Crippen molar-refractivity contribution in [3.63, 3.8) is 0 Å². The van der Waals surface area contributed by atoms with Crippen LogP contribution >= 0.6 is 0 Å². The number of nitrogens with one attached hydrogen (secondary N) is 2. The van der Waals surface area contributed by atoms with Crippen LogP contribution in [-0.4, -0.2) is 70.4 Å². The lowest BCUT2D eigenvalue weighted by atomic mass is 10.2. The summed E-state index contributed by atoms with van der Waals surface area (Å²) in [5, 5.41) is 15.4. The zero-order valence-corrected chi connectivity index (χ0v) is 17.5. The highest BCUT2D eigenvalue weighted by Crippen LogP contribution is 2.26. The van der Waals surface area contributed by atoms with Crippen molar-refractivity contribution in [3.8, 4) is 5.75 Å². The number of halogens is 1. The van der Waals surface area contributed by atoms with E-state index in [9.17, 15) is 19.1 Å². The van der Waals surface area contributed by atoms with Crippen LogP contribution in [0.15, 0.2) is 33.9 Å². The molecular formula is C20H23FN6O5. The number of aryl methyl sites for hydroxylation is 2. The van der Waals surface area contributed by atoms with E-state index < -0.39 is 24.2 Å². The van der Waals surface area contributed by atoms with Gasteiger partial charge >= 0.3 is 6.09 Å². The number of benzene rings is 1. The average Bonchev–Trinajstić information content (AvgIpc) is 3.14. The molecule has 170 valence electrons. The number of aliphatic hydroxyl groups is 1. The zero-order valence-electron chi connectivity index (χ0n) is 17.5. The molecule has 12 heteroatoms. The highest BCUT2D eigenvalue weighted by atomic mass is 19.1. The Morgan fingerprint density at radius 1 is 1.41 bits per heavy atom. The molecule has 32 heavy (non-hydrogen) atoms. The van der Waals surface area contributed by atoms with Crippen LogP contribution in [0.25, 0.3) is 11.0 Å². The molecule has 1 saturated heterocycles. The predicted octanol–water partition coefficient (Wildman–Crippen LogP) is -0.0385. The molecular weight excluding hydrogens is 423 g/mol. The molecule has 1 fully saturated rings. The number of aromatic nitrogens is 2. The van der Waals surface area contributed by atoms with Crippen LogP contribution < -0.4 is 20.9 Å². The number of amides is 1. The molecule has 0 radical (unpaired) electrons. The van der Waals surface area contributed by atoms with Gasteiger partial charge in [0, 0.05) is 20.1 Å². The van der Waals surface area contributed by atoms with Crippen LogP contribution in [0.1, 0.15) is 5.69 Å². The van der Waals surface area contributed by atoms with Crippen LogP contribution in [0.5, 0.6) is 5.75 Å². The summed E-state index contributed by atoms with van der Waals surface area (Å²) in [6, 6.07) is 2.76. The topological polar surface area (TPSA) is 130 Å². The van der Waals surface area contributed by atoms with Crippen molar-refractivity contribution < 1.29 is 23.8 Å². The Morgan fingerprint density at radius 2 is 2.22 bits per heavy atom. The molecule has 2 aromatic rings. The summed E-state index contributed by atoms with van der Waals surface area (Å²) in [7, 11) is 1.55. The second-order valence-corrected chi connectivity index (χ2v) is 7.38. The van der Waals surface area contributed by atoms with E-state index in [1.807, 2.05) is 0 Å². The summed E-state index contributed by atoms with van der Waals surface area (Å²) in [4.78, 5) is 33.7. The minimum atomic E-state index is -0.967. The minimum Gasteiger partial charge on any atom is -0.487 e. The van der Waals surface area contributed by atoms with Gasteiger partial charge in [0.15, 0.2) is 17.8 Å². The Labute approximate surface area is 182 Å². The van der Waals surface area contributed by atoms with E-state index in [1.54, 1.807) is 14.0 Å². The molecule has 3 N–H and O–H groups in total. The minimum absolute atomic E-state index is 0.0377. The van der Waals surface area contributed by atoms with Gasteiger partial charge in [-0.2, -0.15) is 0 Å². The van der Waals surface area contributed by atoms with Crippen LogP contribution in [0.3, 0.4) is 0 Å². The van der Waals surface area contributed by atoms with Gasteiger partial charge in [-0.25, -0.2) is 14.2 Å². The van der Waals surface area contributed by atoms with Gasteiger partial charge in [0.25, 0.3) is 5.56 Å². The Bertz CT molecular complexity index is 1160. The quantitative estimate of drug-likeness (QED) is 0.505. The van der Waals surface area contributed by atoms with Crippen molar-refractivity contribution in [2.24, 2.45) is 12.0 Å². The lowest BCUT2D eigenvalue weighted by molar-refractivity contribution is 0.131. The first-order valence-electron chi connectivity index (χ1n) is 10.0. The number of ether oxygens (including phenoxy) is 2. The number of rotatable bonds is 7. The number of carbonyl (C=O) groups excluding carboxylic acids is 1. The summed E-state index contributed by atoms with van der Waals surface area (Å²) < 4.78 is 26.6. The third-order valence-electron chi connectivity index (χ3n) is 5.08. The highest BCUT2D eigenvalue weighted by Gasteiger charge is 2.34. The van der Waals surface area contributed by atoms with E-state index in [4.69, 9.17) is 9.47 Å². The molecule has 1 aromatic carbocycles. The standard InChI is InChI=1S/C20H23FN6O5/c1-11-19(29)26(2)17-14(24-11)4-3-13(21)18(17)31-6-5-22-7-12-10-27(20(30)32-12)15-8-23-9-16(28)25-15/h3-4,8-9,12,16,22,25,28H,5-7,10H2,1-2H3/t12?,16-/m0/s1. The second-order valence-electron chi connectivity index (χ2n) is 7.38. The lowest BCUT2D eigenvalue weighted by Crippen LogP contribution is -2.41. The second kappa shape index (κ2) is 8.93. The van der Waals surface area contributed by atoms with E-state index in [2.05, 4.69) is 20.6 Å². The van der Waals surface area contributed by atoms with E-state index in [0.29, 0.717) is 35.6 Å². The first kappa shape index (κ1) is 21.7. The van der Waals surface area contributed by atoms with Crippen LogP contribution in [0.2, 0.25) is 0 Å². The molecule has 2 atom stereocenters. The fourth-order valence-corrected chi connectivity index (χ4v) is 3.54. The van der Waals surface area contributed by atoms with Gasteiger partial charge in [0.2, 0.25) is 0 Å². The molecule has 1 aromatic heterocycles. The van der Waals surface area contributed by atoms with Gasteiger partial charge in [-0.05, 0) is 19.1 Å². The first-order valence-corrected chi connectivity index (χ1v) is 10.0. The Hall–Kier alpha value is -3.51. The summed E-state index contributed by atoms with van der Waals surface area (Å²) in [6.07, 6.45) is 0.802. The first-order chi connectivity index (χ1) is 15.3. The fraction of sp³-hybridized carbons (Fsp3) is 0.400. The van der Waals surface area contributed by atoms with Crippen molar-refractivity contribution in [3.05, 3.63) is 46.0 Å². The Kier molecular flexibility index (Phi) is 6.06. The van der Waals surface area contributed by atoms with Crippen molar-refractivity contribution in [1.82, 2.24) is 25.1 Å². The monoisotopic (exact) mass is 446 g/mol. The normalized spacial score (nSPS) is 20.3. The summed E-state index contributed by atoms with van der Waals surface area (Å²) >= 11 is 0. The molecule has 2 aliphatic rings. The molecule has 0 spiro atoms. The van der Waals surface area contributed by atoms with Crippen molar-refractivity contribution in [2.75, 3.05) is 26.2 Å².